The molecule has 10 heteroatoms. The first-order valence-corrected chi connectivity index (χ1v) is 10.6. The zero-order valence-corrected chi connectivity index (χ0v) is 17.9. The van der Waals surface area contributed by atoms with Crippen LogP contribution in [-0.2, 0) is 23.9 Å². The van der Waals surface area contributed by atoms with Crippen molar-refractivity contribution >= 4 is 46.4 Å². The van der Waals surface area contributed by atoms with E-state index in [1.807, 2.05) is 0 Å². The first-order valence-electron chi connectivity index (χ1n) is 10.2. The van der Waals surface area contributed by atoms with Crippen LogP contribution in [0.15, 0.2) is 48.5 Å². The molecule has 0 aliphatic carbocycles. The molecule has 32 heavy (non-hydrogen) atoms. The largest absolute Gasteiger partial charge is 0.370 e. The lowest BCUT2D eigenvalue weighted by molar-refractivity contribution is -0.133. The molecule has 2 atom stereocenters. The summed E-state index contributed by atoms with van der Waals surface area (Å²) in [5, 5.41) is 9.13. The second kappa shape index (κ2) is 10.1. The Balaban J connectivity index is 1.40. The molecular weight excluding hydrogens is 436 g/mol. The number of nitrogens with one attached hydrogen (secondary N) is 3. The normalized spacial score (nSPS) is 21.2. The molecule has 168 valence electrons. The molecule has 2 fully saturated rings. The first-order chi connectivity index (χ1) is 15.5. The topological polar surface area (TPSA) is 109 Å². The Morgan fingerprint density at radius 1 is 0.969 bits per heavy atom. The van der Waals surface area contributed by atoms with Crippen LogP contribution in [0.4, 0.5) is 17.1 Å². The van der Waals surface area contributed by atoms with Crippen molar-refractivity contribution in [1.29, 1.82) is 0 Å². The molecule has 0 aromatic heterocycles. The molecule has 2 unspecified atom stereocenters. The predicted octanol–water partition coefficient (Wildman–Crippen LogP) is 1.84. The smallest absolute Gasteiger partial charge is 0.253 e. The number of amides is 3. The van der Waals surface area contributed by atoms with Gasteiger partial charge in [0.25, 0.3) is 5.91 Å². The summed E-state index contributed by atoms with van der Waals surface area (Å²) < 4.78 is 10.5. The van der Waals surface area contributed by atoms with E-state index in [4.69, 9.17) is 21.1 Å². The van der Waals surface area contributed by atoms with E-state index >= 15 is 0 Å². The van der Waals surface area contributed by atoms with Crippen molar-refractivity contribution < 1.29 is 23.9 Å². The van der Waals surface area contributed by atoms with E-state index in [0.717, 1.165) is 5.69 Å². The lowest BCUT2D eigenvalue weighted by Gasteiger charge is -2.31. The van der Waals surface area contributed by atoms with Gasteiger partial charge in [-0.1, -0.05) is 11.6 Å². The zero-order chi connectivity index (χ0) is 22.5. The average molecular weight is 459 g/mol. The van der Waals surface area contributed by atoms with Crippen LogP contribution >= 0.6 is 11.6 Å². The summed E-state index contributed by atoms with van der Waals surface area (Å²) in [6.07, 6.45) is 0. The maximum atomic E-state index is 12.9. The molecule has 2 aromatic carbocycles. The van der Waals surface area contributed by atoms with Crippen LogP contribution in [0.25, 0.3) is 0 Å². The van der Waals surface area contributed by atoms with E-state index in [-0.39, 0.29) is 37.7 Å². The second-order valence-corrected chi connectivity index (χ2v) is 7.87. The SMILES string of the molecule is O=C(Nc1ccc(Cl)cc1)C1COCNC1C(=O)Nc1ccc(N2CCOCC2=O)cc1. The third-order valence-electron chi connectivity index (χ3n) is 5.27. The second-order valence-electron chi connectivity index (χ2n) is 7.43. The van der Waals surface area contributed by atoms with Gasteiger partial charge in [-0.05, 0) is 48.5 Å². The van der Waals surface area contributed by atoms with Gasteiger partial charge in [-0.25, -0.2) is 0 Å². The van der Waals surface area contributed by atoms with Crippen molar-refractivity contribution in [2.24, 2.45) is 5.92 Å². The number of carbonyl (C=O) groups excluding carboxylic acids is 3. The van der Waals surface area contributed by atoms with E-state index in [9.17, 15) is 14.4 Å². The molecule has 3 N–H and O–H groups in total. The van der Waals surface area contributed by atoms with Gasteiger partial charge in [0, 0.05) is 28.6 Å². The Morgan fingerprint density at radius 3 is 2.31 bits per heavy atom. The van der Waals surface area contributed by atoms with Crippen molar-refractivity contribution in [3.8, 4) is 0 Å². The highest BCUT2D eigenvalue weighted by Gasteiger charge is 2.36. The molecular formula is C22H23ClN4O5. The fourth-order valence-corrected chi connectivity index (χ4v) is 3.71. The number of carbonyl (C=O) groups is 3. The molecule has 2 saturated heterocycles. The molecule has 2 aliphatic rings. The van der Waals surface area contributed by atoms with E-state index in [0.29, 0.717) is 29.5 Å². The number of nitrogens with zero attached hydrogens (tertiary/aromatic N) is 1. The third-order valence-corrected chi connectivity index (χ3v) is 5.52. The highest BCUT2D eigenvalue weighted by Crippen LogP contribution is 2.21. The summed E-state index contributed by atoms with van der Waals surface area (Å²) in [6.45, 7) is 1.32. The van der Waals surface area contributed by atoms with E-state index < -0.39 is 12.0 Å². The Kier molecular flexibility index (Phi) is 7.01. The summed E-state index contributed by atoms with van der Waals surface area (Å²) in [5.74, 6) is -1.50. The van der Waals surface area contributed by atoms with Crippen LogP contribution < -0.4 is 20.9 Å². The molecule has 0 bridgehead atoms. The highest BCUT2D eigenvalue weighted by molar-refractivity contribution is 6.30. The number of anilines is 3. The van der Waals surface area contributed by atoms with Crippen LogP contribution in [-0.4, -0.2) is 56.9 Å². The van der Waals surface area contributed by atoms with E-state index in [1.165, 1.54) is 0 Å². The van der Waals surface area contributed by atoms with Gasteiger partial charge in [0.15, 0.2) is 0 Å². The number of ether oxygens (including phenoxy) is 2. The van der Waals surface area contributed by atoms with Crippen molar-refractivity contribution in [3.05, 3.63) is 53.6 Å². The number of benzene rings is 2. The molecule has 2 aromatic rings. The quantitative estimate of drug-likeness (QED) is 0.631. The highest BCUT2D eigenvalue weighted by atomic mass is 35.5. The standard InChI is InChI=1S/C22H23ClN4O5/c23-14-1-3-15(4-2-14)25-21(29)18-11-32-13-24-20(18)22(30)26-16-5-7-17(8-6-16)27-9-10-31-12-19(27)28/h1-8,18,20,24H,9-13H2,(H,25,29)(H,26,30). The maximum Gasteiger partial charge on any atom is 0.253 e. The molecule has 4 rings (SSSR count). The van der Waals surface area contributed by atoms with Gasteiger partial charge in [-0.15, -0.1) is 0 Å². The lowest BCUT2D eigenvalue weighted by Crippen LogP contribution is -2.55. The Bertz CT molecular complexity index is 983. The minimum atomic E-state index is -0.767. The van der Waals surface area contributed by atoms with Crippen molar-refractivity contribution in [3.63, 3.8) is 0 Å². The number of hydrogen-bond acceptors (Lipinski definition) is 6. The molecule has 2 heterocycles. The monoisotopic (exact) mass is 458 g/mol. The summed E-state index contributed by atoms with van der Waals surface area (Å²) >= 11 is 5.88. The minimum Gasteiger partial charge on any atom is -0.370 e. The summed E-state index contributed by atoms with van der Waals surface area (Å²) in [5.41, 5.74) is 1.88. The molecule has 0 radical (unpaired) electrons. The maximum absolute atomic E-state index is 12.9. The Labute approximate surface area is 190 Å². The van der Waals surface area contributed by atoms with Gasteiger partial charge in [0.05, 0.1) is 25.9 Å². The molecule has 0 saturated carbocycles. The molecule has 2 aliphatic heterocycles. The van der Waals surface area contributed by atoms with Crippen molar-refractivity contribution in [2.45, 2.75) is 6.04 Å². The fraction of sp³-hybridized carbons (Fsp3) is 0.318. The third kappa shape index (κ3) is 5.25. The van der Waals surface area contributed by atoms with Gasteiger partial charge in [0.1, 0.15) is 12.6 Å². The number of rotatable bonds is 5. The molecule has 0 spiro atoms. The van der Waals surface area contributed by atoms with E-state index in [1.54, 1.807) is 53.4 Å². The number of hydrogen-bond donors (Lipinski definition) is 3. The van der Waals surface area contributed by atoms with Gasteiger partial charge < -0.3 is 25.0 Å². The van der Waals surface area contributed by atoms with Crippen LogP contribution in [0.1, 0.15) is 0 Å². The van der Waals surface area contributed by atoms with Crippen molar-refractivity contribution in [1.82, 2.24) is 5.32 Å². The van der Waals surface area contributed by atoms with Crippen LogP contribution in [0.5, 0.6) is 0 Å². The number of morpholine rings is 1. The summed E-state index contributed by atoms with van der Waals surface area (Å²) in [6, 6.07) is 12.9. The van der Waals surface area contributed by atoms with Crippen LogP contribution in [0.3, 0.4) is 0 Å². The average Bonchev–Trinajstić information content (AvgIpc) is 2.81. The molecule has 3 amide bonds. The van der Waals surface area contributed by atoms with Crippen LogP contribution in [0, 0.1) is 5.92 Å². The predicted molar refractivity (Wildman–Crippen MR) is 120 cm³/mol. The lowest BCUT2D eigenvalue weighted by atomic mass is 9.97. The van der Waals surface area contributed by atoms with Crippen molar-refractivity contribution in [2.75, 3.05) is 48.6 Å². The zero-order valence-electron chi connectivity index (χ0n) is 17.2. The first kappa shape index (κ1) is 22.2. The Morgan fingerprint density at radius 2 is 1.62 bits per heavy atom. The van der Waals surface area contributed by atoms with Gasteiger partial charge in [-0.3, -0.25) is 19.7 Å². The molecule has 9 nitrogen and oxygen atoms in total. The van der Waals surface area contributed by atoms with Gasteiger partial charge in [0.2, 0.25) is 11.8 Å². The summed E-state index contributed by atoms with van der Waals surface area (Å²) in [7, 11) is 0. The minimum absolute atomic E-state index is 0.0629. The van der Waals surface area contributed by atoms with Gasteiger partial charge in [-0.2, -0.15) is 0 Å². The van der Waals surface area contributed by atoms with Gasteiger partial charge >= 0.3 is 0 Å². The fourth-order valence-electron chi connectivity index (χ4n) is 3.58. The Hall–Kier alpha value is -2.98. The number of halogens is 1. The summed E-state index contributed by atoms with van der Waals surface area (Å²) in [4.78, 5) is 39.3. The van der Waals surface area contributed by atoms with Crippen LogP contribution in [0.2, 0.25) is 5.02 Å². The van der Waals surface area contributed by atoms with E-state index in [2.05, 4.69) is 16.0 Å².